The zero-order valence-corrected chi connectivity index (χ0v) is 12.9. The first-order valence-corrected chi connectivity index (χ1v) is 7.26. The fourth-order valence-corrected chi connectivity index (χ4v) is 2.08. The van der Waals surface area contributed by atoms with Gasteiger partial charge in [0.05, 0.1) is 6.26 Å². The van der Waals surface area contributed by atoms with Gasteiger partial charge in [0.2, 0.25) is 0 Å². The van der Waals surface area contributed by atoms with Crippen LogP contribution >= 0.6 is 12.2 Å². The van der Waals surface area contributed by atoms with Crippen LogP contribution in [0.4, 0.5) is 5.69 Å². The van der Waals surface area contributed by atoms with E-state index in [0.29, 0.717) is 5.92 Å². The minimum Gasteiger partial charge on any atom is -0.459 e. The van der Waals surface area contributed by atoms with Crippen LogP contribution in [0.25, 0.3) is 0 Å². The number of benzene rings is 1. The van der Waals surface area contributed by atoms with Crippen LogP contribution < -0.4 is 10.6 Å². The molecule has 1 aromatic heterocycles. The molecule has 4 nitrogen and oxygen atoms in total. The summed E-state index contributed by atoms with van der Waals surface area (Å²) in [6, 6.07) is 11.3. The second kappa shape index (κ2) is 7.04. The molecule has 0 fully saturated rings. The maximum absolute atomic E-state index is 11.8. The molecule has 0 saturated carbocycles. The number of hydrogen-bond donors (Lipinski definition) is 2. The average Bonchev–Trinajstić information content (AvgIpc) is 3.01. The van der Waals surface area contributed by atoms with E-state index in [1.807, 2.05) is 12.1 Å². The molecule has 1 heterocycles. The highest BCUT2D eigenvalue weighted by Crippen LogP contribution is 2.20. The molecule has 1 atom stereocenters. The molecular formula is C16H18N2O2S. The van der Waals surface area contributed by atoms with Crippen molar-refractivity contribution >= 4 is 28.9 Å². The van der Waals surface area contributed by atoms with Crippen LogP contribution in [0, 0.1) is 0 Å². The van der Waals surface area contributed by atoms with Gasteiger partial charge in [-0.3, -0.25) is 10.1 Å². The summed E-state index contributed by atoms with van der Waals surface area (Å²) in [7, 11) is 0. The number of carbonyl (C=O) groups is 1. The summed E-state index contributed by atoms with van der Waals surface area (Å²) >= 11 is 5.11. The molecule has 0 aliphatic heterocycles. The number of thiocarbonyl (C=S) groups is 1. The van der Waals surface area contributed by atoms with Crippen LogP contribution in [0.2, 0.25) is 0 Å². The van der Waals surface area contributed by atoms with Crippen molar-refractivity contribution in [1.82, 2.24) is 5.32 Å². The van der Waals surface area contributed by atoms with Gasteiger partial charge in [-0.1, -0.05) is 26.0 Å². The highest BCUT2D eigenvalue weighted by molar-refractivity contribution is 7.80. The van der Waals surface area contributed by atoms with E-state index in [1.165, 1.54) is 11.8 Å². The first-order valence-electron chi connectivity index (χ1n) is 6.86. The number of anilines is 1. The quantitative estimate of drug-likeness (QED) is 0.841. The van der Waals surface area contributed by atoms with Gasteiger partial charge in [0.1, 0.15) is 0 Å². The fraction of sp³-hybridized carbons (Fsp3) is 0.250. The molecule has 0 bridgehead atoms. The van der Waals surface area contributed by atoms with Crippen molar-refractivity contribution in [3.05, 3.63) is 54.0 Å². The Bertz CT molecular complexity index is 606. The molecule has 0 aliphatic carbocycles. The van der Waals surface area contributed by atoms with E-state index < -0.39 is 0 Å². The Morgan fingerprint density at radius 1 is 1.29 bits per heavy atom. The summed E-state index contributed by atoms with van der Waals surface area (Å²) in [5.74, 6) is 0.393. The second-order valence-electron chi connectivity index (χ2n) is 4.82. The van der Waals surface area contributed by atoms with Gasteiger partial charge < -0.3 is 9.73 Å². The van der Waals surface area contributed by atoms with Crippen LogP contribution in [0.15, 0.2) is 47.1 Å². The van der Waals surface area contributed by atoms with Gasteiger partial charge >= 0.3 is 0 Å². The second-order valence-corrected chi connectivity index (χ2v) is 5.23. The molecule has 110 valence electrons. The average molecular weight is 302 g/mol. The third kappa shape index (κ3) is 4.16. The fourth-order valence-electron chi connectivity index (χ4n) is 1.87. The van der Waals surface area contributed by atoms with Gasteiger partial charge in [-0.25, -0.2) is 0 Å². The predicted molar refractivity (Wildman–Crippen MR) is 87.5 cm³/mol. The minimum atomic E-state index is -0.367. The number of nitrogens with one attached hydrogen (secondary N) is 2. The van der Waals surface area contributed by atoms with Crippen LogP contribution in [0.1, 0.15) is 42.3 Å². The lowest BCUT2D eigenvalue weighted by molar-refractivity contribution is 0.0950. The lowest BCUT2D eigenvalue weighted by Crippen LogP contribution is -2.33. The molecule has 5 heteroatoms. The van der Waals surface area contributed by atoms with Crippen molar-refractivity contribution in [1.29, 1.82) is 0 Å². The van der Waals surface area contributed by atoms with Gasteiger partial charge in [-0.2, -0.15) is 0 Å². The topological polar surface area (TPSA) is 54.3 Å². The van der Waals surface area contributed by atoms with E-state index in [-0.39, 0.29) is 16.8 Å². The first-order chi connectivity index (χ1) is 10.1. The van der Waals surface area contributed by atoms with E-state index >= 15 is 0 Å². The van der Waals surface area contributed by atoms with Crippen LogP contribution in [-0.2, 0) is 0 Å². The standard InChI is InChI=1S/C16H18N2O2S/c1-3-11(2)12-6-8-13(9-7-12)17-16(21)18-15(19)14-5-4-10-20-14/h4-11H,3H2,1-2H3,(H2,17,18,19,21)/t11-/m1/s1. The maximum atomic E-state index is 11.8. The van der Waals surface area contributed by atoms with Crippen molar-refractivity contribution in [2.24, 2.45) is 0 Å². The molecule has 0 radical (unpaired) electrons. The molecule has 0 saturated heterocycles. The molecule has 0 spiro atoms. The van der Waals surface area contributed by atoms with Gasteiger partial charge in [-0.05, 0) is 54.4 Å². The molecule has 21 heavy (non-hydrogen) atoms. The summed E-state index contributed by atoms with van der Waals surface area (Å²) < 4.78 is 5.00. The number of carbonyl (C=O) groups excluding carboxylic acids is 1. The molecule has 1 amide bonds. The summed E-state index contributed by atoms with van der Waals surface area (Å²) in [5.41, 5.74) is 2.13. The Labute approximate surface area is 129 Å². The van der Waals surface area contributed by atoms with E-state index in [4.69, 9.17) is 16.6 Å². The number of furan rings is 1. The van der Waals surface area contributed by atoms with Crippen LogP contribution in [0.3, 0.4) is 0 Å². The summed E-state index contributed by atoms with van der Waals surface area (Å²) in [6.07, 6.45) is 2.55. The monoisotopic (exact) mass is 302 g/mol. The third-order valence-corrected chi connectivity index (χ3v) is 3.53. The van der Waals surface area contributed by atoms with Crippen molar-refractivity contribution < 1.29 is 9.21 Å². The third-order valence-electron chi connectivity index (χ3n) is 3.32. The molecule has 0 unspecified atom stereocenters. The summed E-state index contributed by atoms with van der Waals surface area (Å²) in [4.78, 5) is 11.8. The Morgan fingerprint density at radius 2 is 2.00 bits per heavy atom. The zero-order chi connectivity index (χ0) is 15.2. The Kier molecular flexibility index (Phi) is 5.11. The maximum Gasteiger partial charge on any atom is 0.293 e. The van der Waals surface area contributed by atoms with E-state index in [1.54, 1.807) is 12.1 Å². The molecule has 2 N–H and O–H groups in total. The molecule has 2 aromatic rings. The molecule has 2 rings (SSSR count). The SMILES string of the molecule is CC[C@@H](C)c1ccc(NC(=S)NC(=O)c2ccco2)cc1. The summed E-state index contributed by atoms with van der Waals surface area (Å²) in [6.45, 7) is 4.35. The van der Waals surface area contributed by atoms with E-state index in [9.17, 15) is 4.79 Å². The summed E-state index contributed by atoms with van der Waals surface area (Å²) in [5, 5.41) is 5.79. The normalized spacial score (nSPS) is 11.7. The van der Waals surface area contributed by atoms with Gasteiger partial charge in [0, 0.05) is 5.69 Å². The van der Waals surface area contributed by atoms with Crippen LogP contribution in [-0.4, -0.2) is 11.0 Å². The first kappa shape index (κ1) is 15.3. The lowest BCUT2D eigenvalue weighted by atomic mass is 9.99. The lowest BCUT2D eigenvalue weighted by Gasteiger charge is -2.11. The Balaban J connectivity index is 1.92. The number of hydrogen-bond acceptors (Lipinski definition) is 3. The van der Waals surface area contributed by atoms with Crippen LogP contribution in [0.5, 0.6) is 0 Å². The van der Waals surface area contributed by atoms with E-state index in [0.717, 1.165) is 12.1 Å². The van der Waals surface area contributed by atoms with Crippen molar-refractivity contribution in [2.45, 2.75) is 26.2 Å². The van der Waals surface area contributed by atoms with Gasteiger partial charge in [0.25, 0.3) is 5.91 Å². The van der Waals surface area contributed by atoms with Crippen molar-refractivity contribution in [2.75, 3.05) is 5.32 Å². The minimum absolute atomic E-state index is 0.228. The number of rotatable bonds is 4. The van der Waals surface area contributed by atoms with E-state index in [2.05, 4.69) is 36.6 Å². The zero-order valence-electron chi connectivity index (χ0n) is 12.1. The highest BCUT2D eigenvalue weighted by atomic mass is 32.1. The smallest absolute Gasteiger partial charge is 0.293 e. The predicted octanol–water partition coefficient (Wildman–Crippen LogP) is 3.92. The van der Waals surface area contributed by atoms with Crippen molar-refractivity contribution in [3.63, 3.8) is 0 Å². The van der Waals surface area contributed by atoms with Gasteiger partial charge in [-0.15, -0.1) is 0 Å². The molecule has 1 aromatic carbocycles. The highest BCUT2D eigenvalue weighted by Gasteiger charge is 2.10. The Hall–Kier alpha value is -2.14. The molecular weight excluding hydrogens is 284 g/mol. The Morgan fingerprint density at radius 3 is 2.57 bits per heavy atom. The van der Waals surface area contributed by atoms with Crippen molar-refractivity contribution in [3.8, 4) is 0 Å². The van der Waals surface area contributed by atoms with Gasteiger partial charge in [0.15, 0.2) is 10.9 Å². The number of amides is 1. The largest absolute Gasteiger partial charge is 0.459 e. The molecule has 0 aliphatic rings.